The van der Waals surface area contributed by atoms with Gasteiger partial charge in [0.2, 0.25) is 10.0 Å². The van der Waals surface area contributed by atoms with Crippen molar-refractivity contribution < 1.29 is 8.42 Å². The molecule has 1 aliphatic carbocycles. The Labute approximate surface area is 127 Å². The van der Waals surface area contributed by atoms with Gasteiger partial charge in [-0.3, -0.25) is 0 Å². The first kappa shape index (κ1) is 16.0. The van der Waals surface area contributed by atoms with Gasteiger partial charge in [-0.15, -0.1) is 0 Å². The maximum Gasteiger partial charge on any atom is 0.240 e. The topological polar surface area (TPSA) is 70.0 Å². The molecule has 4 nitrogen and oxygen atoms in total. The third-order valence-electron chi connectivity index (χ3n) is 4.25. The smallest absolute Gasteiger partial charge is 0.211 e. The van der Waals surface area contributed by atoms with E-state index in [1.807, 2.05) is 6.07 Å². The SMILES string of the molecule is CC1CCC(CCNS(=O)(=O)c2cccc(C#N)c2)CC1. The molecule has 0 radical (unpaired) electrons. The summed E-state index contributed by atoms with van der Waals surface area (Å²) in [6, 6.07) is 8.08. The third-order valence-corrected chi connectivity index (χ3v) is 5.71. The molecule has 21 heavy (non-hydrogen) atoms. The van der Waals surface area contributed by atoms with E-state index < -0.39 is 10.0 Å². The van der Waals surface area contributed by atoms with Crippen LogP contribution in [-0.2, 0) is 10.0 Å². The fraction of sp³-hybridized carbons (Fsp3) is 0.562. The van der Waals surface area contributed by atoms with Crippen molar-refractivity contribution in [2.75, 3.05) is 6.54 Å². The van der Waals surface area contributed by atoms with E-state index in [2.05, 4.69) is 11.6 Å². The highest BCUT2D eigenvalue weighted by molar-refractivity contribution is 7.89. The number of nitrogens with one attached hydrogen (secondary N) is 1. The highest BCUT2D eigenvalue weighted by Gasteiger charge is 2.19. The highest BCUT2D eigenvalue weighted by Crippen LogP contribution is 2.30. The summed E-state index contributed by atoms with van der Waals surface area (Å²) in [4.78, 5) is 0.166. The van der Waals surface area contributed by atoms with Crippen molar-refractivity contribution in [3.05, 3.63) is 29.8 Å². The van der Waals surface area contributed by atoms with E-state index in [1.165, 1.54) is 37.8 Å². The predicted molar refractivity (Wildman–Crippen MR) is 82.1 cm³/mol. The van der Waals surface area contributed by atoms with Crippen molar-refractivity contribution in [1.82, 2.24) is 4.72 Å². The van der Waals surface area contributed by atoms with E-state index in [0.717, 1.165) is 12.3 Å². The molecule has 114 valence electrons. The van der Waals surface area contributed by atoms with Crippen LogP contribution in [0.2, 0.25) is 0 Å². The standard InChI is InChI=1S/C16H22N2O2S/c1-13-5-7-14(8-6-13)9-10-18-21(19,20)16-4-2-3-15(11-16)12-17/h2-4,11,13-14,18H,5-10H2,1H3. The summed E-state index contributed by atoms with van der Waals surface area (Å²) in [5, 5.41) is 8.83. The molecule has 0 unspecified atom stereocenters. The molecule has 1 fully saturated rings. The molecule has 0 aliphatic heterocycles. The van der Waals surface area contributed by atoms with Gasteiger partial charge in [-0.1, -0.05) is 38.7 Å². The molecule has 0 spiro atoms. The summed E-state index contributed by atoms with van der Waals surface area (Å²) in [7, 11) is -3.51. The van der Waals surface area contributed by atoms with Crippen LogP contribution in [0.5, 0.6) is 0 Å². The van der Waals surface area contributed by atoms with Gasteiger partial charge < -0.3 is 0 Å². The molecular formula is C16H22N2O2S. The van der Waals surface area contributed by atoms with Crippen molar-refractivity contribution >= 4 is 10.0 Å². The van der Waals surface area contributed by atoms with E-state index in [1.54, 1.807) is 12.1 Å². The second-order valence-corrected chi connectivity index (χ2v) is 7.72. The summed E-state index contributed by atoms with van der Waals surface area (Å²) < 4.78 is 27.0. The quantitative estimate of drug-likeness (QED) is 0.909. The Kier molecular flexibility index (Phi) is 5.38. The van der Waals surface area contributed by atoms with Crippen LogP contribution in [0.25, 0.3) is 0 Å². The molecule has 0 bridgehead atoms. The number of nitriles is 1. The lowest BCUT2D eigenvalue weighted by molar-refractivity contribution is 0.278. The Morgan fingerprint density at radius 1 is 1.29 bits per heavy atom. The van der Waals surface area contributed by atoms with Crippen LogP contribution >= 0.6 is 0 Å². The molecule has 0 atom stereocenters. The van der Waals surface area contributed by atoms with Gasteiger partial charge in [-0.2, -0.15) is 5.26 Å². The number of benzene rings is 1. The van der Waals surface area contributed by atoms with Crippen LogP contribution in [0, 0.1) is 23.2 Å². The molecule has 1 N–H and O–H groups in total. The summed E-state index contributed by atoms with van der Waals surface area (Å²) in [6.45, 7) is 2.75. The van der Waals surface area contributed by atoms with Gasteiger partial charge in [0.15, 0.2) is 0 Å². The molecule has 1 aliphatic rings. The zero-order chi connectivity index (χ0) is 15.3. The maximum absolute atomic E-state index is 12.2. The van der Waals surface area contributed by atoms with Crippen molar-refractivity contribution in [2.24, 2.45) is 11.8 Å². The molecule has 0 saturated heterocycles. The van der Waals surface area contributed by atoms with Crippen LogP contribution in [0.4, 0.5) is 0 Å². The number of sulfonamides is 1. The minimum atomic E-state index is -3.51. The monoisotopic (exact) mass is 306 g/mol. The zero-order valence-corrected chi connectivity index (χ0v) is 13.2. The van der Waals surface area contributed by atoms with Crippen LogP contribution < -0.4 is 4.72 Å². The molecular weight excluding hydrogens is 284 g/mol. The van der Waals surface area contributed by atoms with Crippen LogP contribution in [0.3, 0.4) is 0 Å². The first-order valence-electron chi connectivity index (χ1n) is 7.51. The van der Waals surface area contributed by atoms with Gasteiger partial charge in [0.1, 0.15) is 0 Å². The van der Waals surface area contributed by atoms with Gasteiger partial charge >= 0.3 is 0 Å². The maximum atomic E-state index is 12.2. The Bertz CT molecular complexity index is 611. The molecule has 2 rings (SSSR count). The van der Waals surface area contributed by atoms with E-state index >= 15 is 0 Å². The molecule has 1 aromatic rings. The number of hydrogen-bond acceptors (Lipinski definition) is 3. The van der Waals surface area contributed by atoms with Gasteiger partial charge in [0.25, 0.3) is 0 Å². The highest BCUT2D eigenvalue weighted by atomic mass is 32.2. The Morgan fingerprint density at radius 2 is 2.00 bits per heavy atom. The van der Waals surface area contributed by atoms with Gasteiger partial charge in [0, 0.05) is 6.54 Å². The largest absolute Gasteiger partial charge is 0.240 e. The second kappa shape index (κ2) is 7.06. The lowest BCUT2D eigenvalue weighted by Gasteiger charge is -2.26. The lowest BCUT2D eigenvalue weighted by atomic mass is 9.81. The van der Waals surface area contributed by atoms with Crippen LogP contribution in [0.1, 0.15) is 44.6 Å². The first-order chi connectivity index (χ1) is 10.0. The average Bonchev–Trinajstić information content (AvgIpc) is 2.49. The van der Waals surface area contributed by atoms with Crippen LogP contribution in [0.15, 0.2) is 29.2 Å². The normalized spacial score (nSPS) is 22.7. The summed E-state index contributed by atoms with van der Waals surface area (Å²) in [6.07, 6.45) is 5.80. The number of hydrogen-bond donors (Lipinski definition) is 1. The second-order valence-electron chi connectivity index (χ2n) is 5.95. The van der Waals surface area contributed by atoms with Crippen molar-refractivity contribution in [1.29, 1.82) is 5.26 Å². The Balaban J connectivity index is 1.88. The minimum absolute atomic E-state index is 0.166. The predicted octanol–water partition coefficient (Wildman–Crippen LogP) is 3.05. The fourth-order valence-electron chi connectivity index (χ4n) is 2.83. The van der Waals surface area contributed by atoms with Gasteiger partial charge in [0.05, 0.1) is 16.5 Å². The molecule has 0 heterocycles. The summed E-state index contributed by atoms with van der Waals surface area (Å²) >= 11 is 0. The Morgan fingerprint density at radius 3 is 2.67 bits per heavy atom. The third kappa shape index (κ3) is 4.55. The molecule has 1 aromatic carbocycles. The van der Waals surface area contributed by atoms with Gasteiger partial charge in [-0.25, -0.2) is 13.1 Å². The minimum Gasteiger partial charge on any atom is -0.211 e. The zero-order valence-electron chi connectivity index (χ0n) is 12.4. The van der Waals surface area contributed by atoms with Crippen molar-refractivity contribution in [2.45, 2.75) is 43.9 Å². The van der Waals surface area contributed by atoms with Crippen LogP contribution in [-0.4, -0.2) is 15.0 Å². The average molecular weight is 306 g/mol. The number of rotatable bonds is 5. The molecule has 0 aromatic heterocycles. The van der Waals surface area contributed by atoms with Crippen molar-refractivity contribution in [3.63, 3.8) is 0 Å². The molecule has 5 heteroatoms. The molecule has 0 amide bonds. The summed E-state index contributed by atoms with van der Waals surface area (Å²) in [5.74, 6) is 1.45. The Hall–Kier alpha value is -1.38. The lowest BCUT2D eigenvalue weighted by Crippen LogP contribution is -2.27. The van der Waals surface area contributed by atoms with Crippen molar-refractivity contribution in [3.8, 4) is 6.07 Å². The van der Waals surface area contributed by atoms with E-state index in [9.17, 15) is 8.42 Å². The summed E-state index contributed by atoms with van der Waals surface area (Å²) in [5.41, 5.74) is 0.360. The number of nitrogens with zero attached hydrogens (tertiary/aromatic N) is 1. The first-order valence-corrected chi connectivity index (χ1v) is 8.99. The van der Waals surface area contributed by atoms with E-state index in [-0.39, 0.29) is 4.90 Å². The van der Waals surface area contributed by atoms with E-state index in [0.29, 0.717) is 18.0 Å². The fourth-order valence-corrected chi connectivity index (χ4v) is 3.92. The van der Waals surface area contributed by atoms with Gasteiger partial charge in [-0.05, 0) is 36.5 Å². The molecule has 1 saturated carbocycles. The van der Waals surface area contributed by atoms with E-state index in [4.69, 9.17) is 5.26 Å².